The van der Waals surface area contributed by atoms with E-state index in [1.54, 1.807) is 11.9 Å². The van der Waals surface area contributed by atoms with E-state index in [4.69, 9.17) is 4.74 Å². The highest BCUT2D eigenvalue weighted by atomic mass is 16.5. The minimum Gasteiger partial charge on any atom is -0.491 e. The molecule has 2 amide bonds. The van der Waals surface area contributed by atoms with Crippen LogP contribution in [-0.4, -0.2) is 32.0 Å². The van der Waals surface area contributed by atoms with E-state index in [0.29, 0.717) is 19.6 Å². The van der Waals surface area contributed by atoms with Gasteiger partial charge in [-0.25, -0.2) is 0 Å². The largest absolute Gasteiger partial charge is 0.491 e. The highest BCUT2D eigenvalue weighted by molar-refractivity contribution is 5.95. The van der Waals surface area contributed by atoms with Crippen molar-refractivity contribution in [3.63, 3.8) is 0 Å². The standard InChI is InChI=1S/C17H22N2O3/c1-19-14-11-12(5-6-15(14)22-10-8-16(19)20)7-9-18-17(21)13-3-2-4-13/h5-6,11,13H,2-4,7-10H2,1H3,(H,18,21). The molecule has 0 unspecified atom stereocenters. The van der Waals surface area contributed by atoms with E-state index in [-0.39, 0.29) is 17.7 Å². The summed E-state index contributed by atoms with van der Waals surface area (Å²) in [6, 6.07) is 5.89. The molecule has 0 aromatic heterocycles. The van der Waals surface area contributed by atoms with Gasteiger partial charge in [0.25, 0.3) is 0 Å². The van der Waals surface area contributed by atoms with Crippen LogP contribution in [0.4, 0.5) is 5.69 Å². The lowest BCUT2D eigenvalue weighted by Crippen LogP contribution is -2.35. The monoisotopic (exact) mass is 302 g/mol. The van der Waals surface area contributed by atoms with Gasteiger partial charge in [0.1, 0.15) is 5.75 Å². The van der Waals surface area contributed by atoms with Gasteiger partial charge in [0.05, 0.1) is 18.7 Å². The number of benzene rings is 1. The number of rotatable bonds is 4. The predicted octanol–water partition coefficient (Wildman–Crippen LogP) is 1.89. The minimum atomic E-state index is 0.0641. The number of hydrogen-bond donors (Lipinski definition) is 1. The molecule has 1 heterocycles. The van der Waals surface area contributed by atoms with Gasteiger partial charge < -0.3 is 15.0 Å². The maximum atomic E-state index is 11.9. The number of carbonyl (C=O) groups is 2. The zero-order valence-electron chi connectivity index (χ0n) is 12.9. The Morgan fingerprint density at radius 2 is 2.23 bits per heavy atom. The summed E-state index contributed by atoms with van der Waals surface area (Å²) in [5, 5.41) is 2.99. The molecule has 1 fully saturated rings. The van der Waals surface area contributed by atoms with Crippen LogP contribution in [0.2, 0.25) is 0 Å². The SMILES string of the molecule is CN1C(=O)CCOc2ccc(CCNC(=O)C3CCC3)cc21. The van der Waals surface area contributed by atoms with Crippen LogP contribution in [0.3, 0.4) is 0 Å². The lowest BCUT2D eigenvalue weighted by Gasteiger charge is -2.24. The Balaban J connectivity index is 1.61. The number of nitrogens with one attached hydrogen (secondary N) is 1. The molecular weight excluding hydrogens is 280 g/mol. The van der Waals surface area contributed by atoms with Crippen LogP contribution < -0.4 is 15.0 Å². The Kier molecular flexibility index (Phi) is 4.32. The van der Waals surface area contributed by atoms with Crippen molar-refractivity contribution in [2.24, 2.45) is 5.92 Å². The third-order valence-corrected chi connectivity index (χ3v) is 4.52. The van der Waals surface area contributed by atoms with E-state index in [0.717, 1.165) is 36.3 Å². The van der Waals surface area contributed by atoms with Gasteiger partial charge >= 0.3 is 0 Å². The molecule has 0 spiro atoms. The first-order valence-corrected chi connectivity index (χ1v) is 7.95. The van der Waals surface area contributed by atoms with Crippen LogP contribution in [0, 0.1) is 5.92 Å². The van der Waals surface area contributed by atoms with Crippen molar-refractivity contribution in [2.45, 2.75) is 32.1 Å². The number of ether oxygens (including phenoxy) is 1. The normalized spacial score (nSPS) is 18.0. The van der Waals surface area contributed by atoms with Gasteiger partial charge in [0, 0.05) is 19.5 Å². The van der Waals surface area contributed by atoms with E-state index < -0.39 is 0 Å². The first-order valence-electron chi connectivity index (χ1n) is 7.95. The summed E-state index contributed by atoms with van der Waals surface area (Å²) in [6.07, 6.45) is 4.37. The first-order chi connectivity index (χ1) is 10.6. The Labute approximate surface area is 130 Å². The zero-order chi connectivity index (χ0) is 15.5. The van der Waals surface area contributed by atoms with Crippen LogP contribution in [0.25, 0.3) is 0 Å². The molecular formula is C17H22N2O3. The van der Waals surface area contributed by atoms with E-state index >= 15 is 0 Å². The van der Waals surface area contributed by atoms with E-state index in [9.17, 15) is 9.59 Å². The fourth-order valence-electron chi connectivity index (χ4n) is 2.80. The van der Waals surface area contributed by atoms with Gasteiger partial charge in [-0.1, -0.05) is 12.5 Å². The third kappa shape index (κ3) is 3.08. The molecule has 1 saturated carbocycles. The molecule has 5 nitrogen and oxygen atoms in total. The van der Waals surface area contributed by atoms with Crippen LogP contribution in [0.1, 0.15) is 31.2 Å². The molecule has 0 atom stereocenters. The maximum absolute atomic E-state index is 11.9. The summed E-state index contributed by atoms with van der Waals surface area (Å²) in [5.41, 5.74) is 1.91. The Hall–Kier alpha value is -2.04. The fraction of sp³-hybridized carbons (Fsp3) is 0.529. The van der Waals surface area contributed by atoms with E-state index in [2.05, 4.69) is 5.32 Å². The molecule has 1 aromatic rings. The zero-order valence-corrected chi connectivity index (χ0v) is 12.9. The summed E-state index contributed by atoms with van der Waals surface area (Å²) in [6.45, 7) is 1.06. The second-order valence-electron chi connectivity index (χ2n) is 6.02. The summed E-state index contributed by atoms with van der Waals surface area (Å²) in [5.74, 6) is 1.21. The van der Waals surface area contributed by atoms with Gasteiger partial charge in [-0.15, -0.1) is 0 Å². The molecule has 5 heteroatoms. The molecule has 3 rings (SSSR count). The topological polar surface area (TPSA) is 58.6 Å². The van der Waals surface area contributed by atoms with Crippen molar-refractivity contribution >= 4 is 17.5 Å². The van der Waals surface area contributed by atoms with Crippen LogP contribution in [-0.2, 0) is 16.0 Å². The van der Waals surface area contributed by atoms with E-state index in [1.165, 1.54) is 6.42 Å². The average Bonchev–Trinajstić information content (AvgIpc) is 2.58. The van der Waals surface area contributed by atoms with Crippen LogP contribution >= 0.6 is 0 Å². The molecule has 1 N–H and O–H groups in total. The second-order valence-corrected chi connectivity index (χ2v) is 6.02. The van der Waals surface area contributed by atoms with Crippen molar-refractivity contribution in [1.29, 1.82) is 0 Å². The van der Waals surface area contributed by atoms with Crippen molar-refractivity contribution in [2.75, 3.05) is 25.1 Å². The van der Waals surface area contributed by atoms with Gasteiger partial charge in [-0.3, -0.25) is 9.59 Å². The van der Waals surface area contributed by atoms with Gasteiger partial charge in [0.2, 0.25) is 11.8 Å². The maximum Gasteiger partial charge on any atom is 0.230 e. The van der Waals surface area contributed by atoms with Crippen molar-refractivity contribution < 1.29 is 14.3 Å². The summed E-state index contributed by atoms with van der Waals surface area (Å²) in [4.78, 5) is 25.4. The minimum absolute atomic E-state index is 0.0641. The second kappa shape index (κ2) is 6.38. The lowest BCUT2D eigenvalue weighted by molar-refractivity contribution is -0.127. The number of fused-ring (bicyclic) bond motifs is 1. The van der Waals surface area contributed by atoms with Crippen LogP contribution in [0.5, 0.6) is 5.75 Å². The lowest BCUT2D eigenvalue weighted by atomic mass is 9.85. The fourth-order valence-corrected chi connectivity index (χ4v) is 2.80. The number of amides is 2. The molecule has 2 aliphatic rings. The molecule has 1 aliphatic carbocycles. The molecule has 1 aromatic carbocycles. The predicted molar refractivity (Wildman–Crippen MR) is 84.0 cm³/mol. The Bertz CT molecular complexity index is 581. The van der Waals surface area contributed by atoms with Gasteiger partial charge in [0.15, 0.2) is 0 Å². The highest BCUT2D eigenvalue weighted by Gasteiger charge is 2.24. The van der Waals surface area contributed by atoms with Gasteiger partial charge in [-0.05, 0) is 37.0 Å². The molecule has 22 heavy (non-hydrogen) atoms. The van der Waals surface area contributed by atoms with Crippen LogP contribution in [0.15, 0.2) is 18.2 Å². The number of anilines is 1. The Morgan fingerprint density at radius 3 is 2.95 bits per heavy atom. The number of carbonyl (C=O) groups excluding carboxylic acids is 2. The molecule has 1 aliphatic heterocycles. The third-order valence-electron chi connectivity index (χ3n) is 4.52. The number of hydrogen-bond acceptors (Lipinski definition) is 3. The Morgan fingerprint density at radius 1 is 1.41 bits per heavy atom. The smallest absolute Gasteiger partial charge is 0.230 e. The summed E-state index contributed by atoms with van der Waals surface area (Å²) >= 11 is 0. The van der Waals surface area contributed by atoms with Crippen molar-refractivity contribution in [3.05, 3.63) is 23.8 Å². The number of nitrogens with zero attached hydrogens (tertiary/aromatic N) is 1. The molecule has 0 radical (unpaired) electrons. The molecule has 118 valence electrons. The summed E-state index contributed by atoms with van der Waals surface area (Å²) in [7, 11) is 1.78. The molecule has 0 saturated heterocycles. The average molecular weight is 302 g/mol. The highest BCUT2D eigenvalue weighted by Crippen LogP contribution is 2.31. The summed E-state index contributed by atoms with van der Waals surface area (Å²) < 4.78 is 5.61. The quantitative estimate of drug-likeness (QED) is 0.924. The first kappa shape index (κ1) is 14.9. The van der Waals surface area contributed by atoms with Crippen molar-refractivity contribution in [1.82, 2.24) is 5.32 Å². The molecule has 0 bridgehead atoms. The van der Waals surface area contributed by atoms with Gasteiger partial charge in [-0.2, -0.15) is 0 Å². The van der Waals surface area contributed by atoms with E-state index in [1.807, 2.05) is 18.2 Å². The van der Waals surface area contributed by atoms with Crippen molar-refractivity contribution in [3.8, 4) is 5.75 Å².